The maximum atomic E-state index is 10.3. The van der Waals surface area contributed by atoms with Crippen molar-refractivity contribution in [2.75, 3.05) is 31.1 Å². The molecule has 0 saturated carbocycles. The molecule has 0 aromatic carbocycles. The van der Waals surface area contributed by atoms with Crippen molar-refractivity contribution in [1.82, 2.24) is 15.6 Å². The number of hydrogen-bond donors (Lipinski definition) is 3. The first-order valence-corrected chi connectivity index (χ1v) is 9.88. The average Bonchev–Trinajstić information content (AvgIpc) is 3.14. The fourth-order valence-electron chi connectivity index (χ4n) is 2.20. The fraction of sp³-hybridized carbons (Fsp3) is 0.733. The van der Waals surface area contributed by atoms with Gasteiger partial charge in [0.15, 0.2) is 5.96 Å². The van der Waals surface area contributed by atoms with Crippen LogP contribution in [0.3, 0.4) is 0 Å². The van der Waals surface area contributed by atoms with Crippen LogP contribution in [0, 0.1) is 0 Å². The number of rotatable bonds is 7. The van der Waals surface area contributed by atoms with Crippen LogP contribution < -0.4 is 10.6 Å². The van der Waals surface area contributed by atoms with Crippen LogP contribution in [0.15, 0.2) is 11.2 Å². The molecule has 1 aromatic heterocycles. The van der Waals surface area contributed by atoms with Crippen molar-refractivity contribution in [1.29, 1.82) is 0 Å². The number of hydrogen-bond acceptors (Lipinski definition) is 5. The number of aliphatic imine (C=N–C) groups is 1. The molecule has 0 aliphatic carbocycles. The third-order valence-corrected chi connectivity index (χ3v) is 5.98. The van der Waals surface area contributed by atoms with Gasteiger partial charge in [0.2, 0.25) is 0 Å². The highest BCUT2D eigenvalue weighted by Crippen LogP contribution is 2.27. The van der Waals surface area contributed by atoms with Crippen LogP contribution in [0.2, 0.25) is 0 Å². The van der Waals surface area contributed by atoms with Gasteiger partial charge in [-0.15, -0.1) is 35.3 Å². The van der Waals surface area contributed by atoms with Gasteiger partial charge in [-0.25, -0.2) is 4.98 Å². The molecule has 2 heterocycles. The lowest BCUT2D eigenvalue weighted by Gasteiger charge is -2.19. The summed E-state index contributed by atoms with van der Waals surface area (Å²) in [5.41, 5.74) is -0.627. The summed E-state index contributed by atoms with van der Waals surface area (Å²) < 4.78 is 0. The van der Waals surface area contributed by atoms with Gasteiger partial charge in [0.05, 0.1) is 17.2 Å². The van der Waals surface area contributed by atoms with Gasteiger partial charge in [-0.2, -0.15) is 11.8 Å². The molecule has 0 amide bonds. The molecule has 23 heavy (non-hydrogen) atoms. The van der Waals surface area contributed by atoms with Crippen LogP contribution in [0.4, 0.5) is 0 Å². The van der Waals surface area contributed by atoms with Crippen molar-refractivity contribution >= 4 is 53.0 Å². The zero-order valence-electron chi connectivity index (χ0n) is 13.8. The van der Waals surface area contributed by atoms with E-state index in [1.807, 2.05) is 13.1 Å². The third-order valence-electron chi connectivity index (χ3n) is 3.54. The van der Waals surface area contributed by atoms with E-state index in [1.165, 1.54) is 4.88 Å². The molecule has 1 atom stereocenters. The molecule has 8 heteroatoms. The van der Waals surface area contributed by atoms with E-state index in [-0.39, 0.29) is 24.0 Å². The lowest BCUT2D eigenvalue weighted by atomic mass is 10.1. The van der Waals surface area contributed by atoms with E-state index in [2.05, 4.69) is 27.5 Å². The number of nitrogens with zero attached hydrogens (tertiary/aromatic N) is 2. The van der Waals surface area contributed by atoms with E-state index in [1.54, 1.807) is 23.1 Å². The van der Waals surface area contributed by atoms with Crippen molar-refractivity contribution in [3.63, 3.8) is 0 Å². The van der Waals surface area contributed by atoms with Crippen molar-refractivity contribution in [2.45, 2.75) is 38.7 Å². The minimum Gasteiger partial charge on any atom is -0.387 e. The van der Waals surface area contributed by atoms with Crippen LogP contribution >= 0.6 is 47.1 Å². The van der Waals surface area contributed by atoms with E-state index < -0.39 is 5.60 Å². The molecule has 2 rings (SSSR count). The molecular formula is C15H27IN4OS2. The van der Waals surface area contributed by atoms with Gasteiger partial charge in [-0.1, -0.05) is 6.92 Å². The SMILES string of the molecule is CCNC(=NCC1(O)CCSC1)NCCc1ncc(CC)s1.I. The first-order chi connectivity index (χ1) is 10.6. The quantitative estimate of drug-likeness (QED) is 0.324. The second kappa shape index (κ2) is 10.7. The number of guanidine groups is 1. The van der Waals surface area contributed by atoms with Gasteiger partial charge in [-0.05, 0) is 25.5 Å². The maximum absolute atomic E-state index is 10.3. The van der Waals surface area contributed by atoms with Crippen LogP contribution in [-0.4, -0.2) is 52.8 Å². The number of nitrogens with one attached hydrogen (secondary N) is 2. The smallest absolute Gasteiger partial charge is 0.191 e. The van der Waals surface area contributed by atoms with Crippen molar-refractivity contribution < 1.29 is 5.11 Å². The monoisotopic (exact) mass is 470 g/mol. The third kappa shape index (κ3) is 7.15. The lowest BCUT2D eigenvalue weighted by Crippen LogP contribution is -2.40. The molecule has 1 saturated heterocycles. The average molecular weight is 470 g/mol. The number of thioether (sulfide) groups is 1. The van der Waals surface area contributed by atoms with E-state index in [0.717, 1.165) is 54.8 Å². The Bertz CT molecular complexity index is 490. The fourth-order valence-corrected chi connectivity index (χ4v) is 4.35. The Morgan fingerprint density at radius 1 is 1.43 bits per heavy atom. The van der Waals surface area contributed by atoms with E-state index in [4.69, 9.17) is 0 Å². The van der Waals surface area contributed by atoms with Crippen molar-refractivity contribution in [2.24, 2.45) is 4.99 Å². The number of aromatic nitrogens is 1. The van der Waals surface area contributed by atoms with E-state index in [9.17, 15) is 5.11 Å². The molecule has 3 N–H and O–H groups in total. The summed E-state index contributed by atoms with van der Waals surface area (Å²) >= 11 is 3.58. The Morgan fingerprint density at radius 3 is 2.87 bits per heavy atom. The zero-order chi connectivity index (χ0) is 15.8. The second-order valence-corrected chi connectivity index (χ2v) is 7.78. The highest BCUT2D eigenvalue weighted by molar-refractivity contribution is 14.0. The number of halogens is 1. The Labute approximate surface area is 164 Å². The Hall–Kier alpha value is -0.0600. The topological polar surface area (TPSA) is 69.5 Å². The first-order valence-electron chi connectivity index (χ1n) is 7.91. The van der Waals surface area contributed by atoms with Crippen LogP contribution in [0.1, 0.15) is 30.2 Å². The predicted octanol–water partition coefficient (Wildman–Crippen LogP) is 2.29. The highest BCUT2D eigenvalue weighted by Gasteiger charge is 2.31. The van der Waals surface area contributed by atoms with Crippen molar-refractivity contribution in [3.05, 3.63) is 16.1 Å². The number of thiazole rings is 1. The molecule has 5 nitrogen and oxygen atoms in total. The summed E-state index contributed by atoms with van der Waals surface area (Å²) in [5, 5.41) is 18.1. The van der Waals surface area contributed by atoms with E-state index >= 15 is 0 Å². The summed E-state index contributed by atoms with van der Waals surface area (Å²) in [4.78, 5) is 10.3. The molecule has 1 aromatic rings. The first kappa shape index (κ1) is 21.0. The molecule has 0 radical (unpaired) electrons. The minimum absolute atomic E-state index is 0. The van der Waals surface area contributed by atoms with Gasteiger partial charge < -0.3 is 15.7 Å². The van der Waals surface area contributed by atoms with Gasteiger partial charge in [0.25, 0.3) is 0 Å². The molecule has 1 aliphatic heterocycles. The summed E-state index contributed by atoms with van der Waals surface area (Å²) in [6.07, 6.45) is 4.74. The van der Waals surface area contributed by atoms with Crippen molar-refractivity contribution in [3.8, 4) is 0 Å². The Morgan fingerprint density at radius 2 is 2.26 bits per heavy atom. The molecule has 1 aliphatic rings. The zero-order valence-corrected chi connectivity index (χ0v) is 17.8. The lowest BCUT2D eigenvalue weighted by molar-refractivity contribution is 0.0778. The van der Waals surface area contributed by atoms with Crippen LogP contribution in [0.25, 0.3) is 0 Å². The normalized spacial score (nSPS) is 21.1. The summed E-state index contributed by atoms with van der Waals surface area (Å²) in [7, 11) is 0. The van der Waals surface area contributed by atoms with E-state index in [0.29, 0.717) is 6.54 Å². The Kier molecular flexibility index (Phi) is 9.79. The molecule has 1 unspecified atom stereocenters. The summed E-state index contributed by atoms with van der Waals surface area (Å²) in [5.74, 6) is 2.59. The highest BCUT2D eigenvalue weighted by atomic mass is 127. The molecule has 1 fully saturated rings. The minimum atomic E-state index is -0.627. The summed E-state index contributed by atoms with van der Waals surface area (Å²) in [6.45, 7) is 6.28. The summed E-state index contributed by atoms with van der Waals surface area (Å²) in [6, 6.07) is 0. The molecule has 0 spiro atoms. The second-order valence-electron chi connectivity index (χ2n) is 5.47. The van der Waals surface area contributed by atoms with Gasteiger partial charge in [-0.3, -0.25) is 4.99 Å². The number of aliphatic hydroxyl groups is 1. The van der Waals surface area contributed by atoms with Gasteiger partial charge in [0.1, 0.15) is 0 Å². The maximum Gasteiger partial charge on any atom is 0.191 e. The number of aryl methyl sites for hydroxylation is 1. The Balaban J connectivity index is 0.00000264. The van der Waals surface area contributed by atoms with Gasteiger partial charge in [0, 0.05) is 36.3 Å². The standard InChI is InChI=1S/C15H26N4OS2.HI/c1-3-12-9-18-13(22-12)5-7-17-14(16-4-2)19-10-15(20)6-8-21-11-15;/h9,20H,3-8,10-11H2,1-2H3,(H2,16,17,19);1H. The molecule has 0 bridgehead atoms. The van der Waals surface area contributed by atoms with Crippen LogP contribution in [-0.2, 0) is 12.8 Å². The van der Waals surface area contributed by atoms with Gasteiger partial charge >= 0.3 is 0 Å². The van der Waals surface area contributed by atoms with Crippen LogP contribution in [0.5, 0.6) is 0 Å². The largest absolute Gasteiger partial charge is 0.387 e. The molecule has 132 valence electrons. The molecular weight excluding hydrogens is 443 g/mol. The predicted molar refractivity (Wildman–Crippen MR) is 111 cm³/mol.